The van der Waals surface area contributed by atoms with E-state index in [0.29, 0.717) is 60.7 Å². The summed E-state index contributed by atoms with van der Waals surface area (Å²) in [6.07, 6.45) is 1.70. The van der Waals surface area contributed by atoms with Gasteiger partial charge in [-0.1, -0.05) is 41.1 Å². The van der Waals surface area contributed by atoms with Crippen LogP contribution in [0.3, 0.4) is 0 Å². The minimum absolute atomic E-state index is 0.131. The molecule has 1 unspecified atom stereocenters. The number of nitrogens with zero attached hydrogens (tertiary/aromatic N) is 5. The molecule has 3 amide bonds. The third-order valence-corrected chi connectivity index (χ3v) is 10.5. The summed E-state index contributed by atoms with van der Waals surface area (Å²) < 4.78 is 19.3. The van der Waals surface area contributed by atoms with Gasteiger partial charge < -0.3 is 29.7 Å². The molecule has 0 radical (unpaired) electrons. The van der Waals surface area contributed by atoms with E-state index >= 15 is 0 Å². The Morgan fingerprint density at radius 3 is 2.57 bits per heavy atom. The molecule has 6 rings (SSSR count). The van der Waals surface area contributed by atoms with E-state index in [1.165, 1.54) is 4.90 Å². The summed E-state index contributed by atoms with van der Waals surface area (Å²) in [6.45, 7) is 13.6. The van der Waals surface area contributed by atoms with Crippen molar-refractivity contribution in [3.8, 4) is 23.1 Å². The molecule has 3 aromatic rings. The van der Waals surface area contributed by atoms with Gasteiger partial charge in [-0.2, -0.15) is 5.10 Å². The minimum Gasteiger partial charge on any atom is -0.444 e. The maximum atomic E-state index is 12.6. The van der Waals surface area contributed by atoms with Crippen molar-refractivity contribution in [2.75, 3.05) is 45.9 Å². The summed E-state index contributed by atoms with van der Waals surface area (Å²) in [5.41, 5.74) is 10.4. The zero-order valence-corrected chi connectivity index (χ0v) is 32.8. The molecule has 2 aromatic carbocycles. The smallest absolute Gasteiger partial charge is 0.410 e. The number of hydrogen-bond acceptors (Lipinski definition) is 8. The predicted octanol–water partition coefficient (Wildman–Crippen LogP) is 5.26. The fourth-order valence-corrected chi connectivity index (χ4v) is 7.33. The number of carbonyl (C=O) groups excluding carboxylic acids is 3. The normalized spacial score (nSPS) is 18.9. The molecule has 2 fully saturated rings. The van der Waals surface area contributed by atoms with Gasteiger partial charge in [-0.15, -0.1) is 0 Å². The maximum Gasteiger partial charge on any atom is 0.410 e. The molecule has 1 aromatic heterocycles. The molecule has 14 heteroatoms. The van der Waals surface area contributed by atoms with E-state index in [2.05, 4.69) is 23.7 Å². The number of carbonyl (C=O) groups is 3. The lowest BCUT2D eigenvalue weighted by atomic mass is 9.99. The number of nitrogens with two attached hydrogens (primary N) is 1. The highest BCUT2D eigenvalue weighted by atomic mass is 35.5. The monoisotopic (exact) mass is 778 g/mol. The third-order valence-electron chi connectivity index (χ3n) is 9.85. The van der Waals surface area contributed by atoms with Crippen LogP contribution in [0.2, 0.25) is 10.0 Å². The zero-order valence-electron chi connectivity index (χ0n) is 31.3. The number of rotatable bonds is 8. The molecule has 0 aliphatic carbocycles. The molecule has 288 valence electrons. The van der Waals surface area contributed by atoms with Crippen molar-refractivity contribution in [1.82, 2.24) is 24.5 Å². The number of hydrogen-bond donors (Lipinski definition) is 1. The molecule has 3 aliphatic rings. The van der Waals surface area contributed by atoms with Crippen LogP contribution in [-0.4, -0.2) is 106 Å². The molecular formula is C40H48Cl2N6O6. The van der Waals surface area contributed by atoms with Crippen LogP contribution in [0.1, 0.15) is 68.5 Å². The highest BCUT2D eigenvalue weighted by Crippen LogP contribution is 2.33. The van der Waals surface area contributed by atoms with Gasteiger partial charge in [-0.05, 0) is 76.4 Å². The van der Waals surface area contributed by atoms with Crippen LogP contribution in [0.5, 0.6) is 0 Å². The molecule has 2 atom stereocenters. The van der Waals surface area contributed by atoms with Crippen LogP contribution in [0, 0.1) is 11.8 Å². The number of amides is 3. The SMILES string of the molecule is C[C@H]1COCCN1CCCn1nc(-c2ccc(Cl)c(C#Cc3ccc(Cl)c(COC4CCN(C(=O)OC(C)(C)C)C4)c3)c2)c2c1CCN(C(=O)C(N)=O)C2. The van der Waals surface area contributed by atoms with E-state index in [1.807, 2.05) is 49.7 Å². The first kappa shape index (κ1) is 39.6. The van der Waals surface area contributed by atoms with Crippen molar-refractivity contribution >= 4 is 41.1 Å². The third kappa shape index (κ3) is 9.75. The maximum absolute atomic E-state index is 12.6. The Bertz CT molecular complexity index is 1950. The molecular weight excluding hydrogens is 731 g/mol. The Balaban J connectivity index is 1.18. The second-order valence-corrected chi connectivity index (χ2v) is 15.9. The van der Waals surface area contributed by atoms with Crippen LogP contribution >= 0.6 is 23.2 Å². The highest BCUT2D eigenvalue weighted by Gasteiger charge is 2.32. The van der Waals surface area contributed by atoms with Crippen molar-refractivity contribution in [1.29, 1.82) is 0 Å². The number of halogens is 2. The van der Waals surface area contributed by atoms with Crippen molar-refractivity contribution < 1.29 is 28.6 Å². The van der Waals surface area contributed by atoms with E-state index in [0.717, 1.165) is 66.4 Å². The van der Waals surface area contributed by atoms with Crippen LogP contribution in [-0.2, 0) is 49.9 Å². The summed E-state index contributed by atoms with van der Waals surface area (Å²) in [5, 5.41) is 6.11. The van der Waals surface area contributed by atoms with E-state index in [1.54, 1.807) is 17.0 Å². The fourth-order valence-electron chi connectivity index (χ4n) is 6.99. The number of ether oxygens (including phenoxy) is 3. The van der Waals surface area contributed by atoms with Gasteiger partial charge in [-0.3, -0.25) is 19.2 Å². The number of aromatic nitrogens is 2. The Labute approximate surface area is 326 Å². The van der Waals surface area contributed by atoms with Gasteiger partial charge in [0, 0.05) is 78.2 Å². The van der Waals surface area contributed by atoms with E-state index in [-0.39, 0.29) is 25.3 Å². The van der Waals surface area contributed by atoms with Crippen LogP contribution in [0.25, 0.3) is 11.3 Å². The van der Waals surface area contributed by atoms with E-state index in [4.69, 9.17) is 48.2 Å². The number of likely N-dealkylation sites (tertiary alicyclic amines) is 1. The van der Waals surface area contributed by atoms with Crippen LogP contribution in [0.4, 0.5) is 4.79 Å². The average molecular weight is 780 g/mol. The van der Waals surface area contributed by atoms with Gasteiger partial charge >= 0.3 is 17.9 Å². The van der Waals surface area contributed by atoms with Gasteiger partial charge in [0.25, 0.3) is 0 Å². The summed E-state index contributed by atoms with van der Waals surface area (Å²) in [6, 6.07) is 11.5. The Hall–Kier alpha value is -4.12. The van der Waals surface area contributed by atoms with Gasteiger partial charge in [0.15, 0.2) is 0 Å². The van der Waals surface area contributed by atoms with Crippen molar-refractivity contribution in [2.24, 2.45) is 5.73 Å². The number of benzene rings is 2. The molecule has 2 N–H and O–H groups in total. The van der Waals surface area contributed by atoms with Gasteiger partial charge in [0.05, 0.1) is 49.7 Å². The quantitative estimate of drug-likeness (QED) is 0.242. The van der Waals surface area contributed by atoms with Gasteiger partial charge in [0.1, 0.15) is 5.60 Å². The first-order valence-corrected chi connectivity index (χ1v) is 19.2. The lowest BCUT2D eigenvalue weighted by molar-refractivity contribution is -0.144. The van der Waals surface area contributed by atoms with Crippen molar-refractivity contribution in [2.45, 2.75) is 84.4 Å². The second-order valence-electron chi connectivity index (χ2n) is 15.1. The standard InChI is InChI=1S/C40H48Cl2N6O6/c1-26-24-52-19-18-45(26)14-5-15-48-35-13-17-46(38(50)37(43)49)23-32(35)36(44-48)29-9-11-33(41)28(21-29)8-6-27-7-10-34(42)30(20-27)25-53-31-12-16-47(22-31)39(51)54-40(2,3)4/h7,9-11,20-21,26,31H,5,12-19,22-25H2,1-4H3,(H2,43,49)/t26-,31?/m0/s1. The topological polar surface area (TPSA) is 132 Å². The Morgan fingerprint density at radius 1 is 1.02 bits per heavy atom. The molecule has 3 aliphatic heterocycles. The van der Waals surface area contributed by atoms with E-state index in [9.17, 15) is 14.4 Å². The summed E-state index contributed by atoms with van der Waals surface area (Å²) in [7, 11) is 0. The Kier molecular flexibility index (Phi) is 12.6. The van der Waals surface area contributed by atoms with Crippen molar-refractivity contribution in [3.63, 3.8) is 0 Å². The summed E-state index contributed by atoms with van der Waals surface area (Å²) in [4.78, 5) is 42.5. The van der Waals surface area contributed by atoms with Gasteiger partial charge in [-0.25, -0.2) is 4.79 Å². The number of primary amides is 1. The average Bonchev–Trinajstić information content (AvgIpc) is 3.76. The van der Waals surface area contributed by atoms with Crippen LogP contribution < -0.4 is 5.73 Å². The first-order chi connectivity index (χ1) is 25.8. The van der Waals surface area contributed by atoms with Crippen molar-refractivity contribution in [3.05, 3.63) is 74.4 Å². The second kappa shape index (κ2) is 17.1. The molecule has 2 saturated heterocycles. The molecule has 0 bridgehead atoms. The molecule has 54 heavy (non-hydrogen) atoms. The van der Waals surface area contributed by atoms with Crippen LogP contribution in [0.15, 0.2) is 36.4 Å². The summed E-state index contributed by atoms with van der Waals surface area (Å²) in [5.74, 6) is 4.76. The molecule has 12 nitrogen and oxygen atoms in total. The largest absolute Gasteiger partial charge is 0.444 e. The lowest BCUT2D eigenvalue weighted by Gasteiger charge is -2.33. The number of fused-ring (bicyclic) bond motifs is 1. The molecule has 0 saturated carbocycles. The Morgan fingerprint density at radius 2 is 1.81 bits per heavy atom. The molecule has 0 spiro atoms. The first-order valence-electron chi connectivity index (χ1n) is 18.4. The lowest BCUT2D eigenvalue weighted by Crippen LogP contribution is -2.44. The number of morpholine rings is 1. The summed E-state index contributed by atoms with van der Waals surface area (Å²) >= 11 is 13.2. The zero-order chi connectivity index (χ0) is 38.6. The number of aryl methyl sites for hydroxylation is 1. The minimum atomic E-state index is -0.976. The highest BCUT2D eigenvalue weighted by molar-refractivity contribution is 6.34. The van der Waals surface area contributed by atoms with E-state index < -0.39 is 17.4 Å². The fraction of sp³-hybridized carbons (Fsp3) is 0.500. The molecule has 4 heterocycles. The van der Waals surface area contributed by atoms with Gasteiger partial charge in [0.2, 0.25) is 0 Å². The predicted molar refractivity (Wildman–Crippen MR) is 206 cm³/mol.